The summed E-state index contributed by atoms with van der Waals surface area (Å²) >= 11 is 7.09. The van der Waals surface area contributed by atoms with Crippen molar-refractivity contribution in [1.82, 2.24) is 20.1 Å². The molecule has 0 saturated carbocycles. The molecule has 0 bridgehead atoms. The first-order valence-corrected chi connectivity index (χ1v) is 10.3. The average Bonchev–Trinajstić information content (AvgIpc) is 3.11. The Hall–Kier alpha value is -3.04. The number of nitrogens with zero attached hydrogens (tertiary/aromatic N) is 3. The van der Waals surface area contributed by atoms with Crippen LogP contribution in [0.25, 0.3) is 0 Å². The summed E-state index contributed by atoms with van der Waals surface area (Å²) in [7, 11) is 3.36. The molecule has 0 aliphatic heterocycles. The molecule has 2 N–H and O–H groups in total. The molecule has 0 fully saturated rings. The zero-order chi connectivity index (χ0) is 21.5. The normalized spacial score (nSPS) is 10.5. The third kappa shape index (κ3) is 5.74. The van der Waals surface area contributed by atoms with E-state index >= 15 is 0 Å². The smallest absolute Gasteiger partial charge is 0.251 e. The molecule has 8 nitrogen and oxygen atoms in total. The van der Waals surface area contributed by atoms with Crippen LogP contribution in [0.15, 0.2) is 53.7 Å². The van der Waals surface area contributed by atoms with Crippen molar-refractivity contribution >= 4 is 40.9 Å². The van der Waals surface area contributed by atoms with Crippen LogP contribution in [0.1, 0.15) is 16.2 Å². The largest absolute Gasteiger partial charge is 0.497 e. The molecule has 1 heterocycles. The molecule has 30 heavy (non-hydrogen) atoms. The molecule has 156 valence electrons. The average molecular weight is 446 g/mol. The quantitative estimate of drug-likeness (QED) is 0.517. The Morgan fingerprint density at radius 2 is 1.80 bits per heavy atom. The Morgan fingerprint density at radius 3 is 2.47 bits per heavy atom. The molecule has 0 aliphatic carbocycles. The number of halogens is 1. The first-order chi connectivity index (χ1) is 14.5. The van der Waals surface area contributed by atoms with Gasteiger partial charge in [-0.15, -0.1) is 10.2 Å². The fourth-order valence-electron chi connectivity index (χ4n) is 2.49. The van der Waals surface area contributed by atoms with E-state index in [9.17, 15) is 9.59 Å². The number of carbonyl (C=O) groups is 2. The minimum atomic E-state index is -0.225. The number of ether oxygens (including phenoxy) is 1. The summed E-state index contributed by atoms with van der Waals surface area (Å²) in [5, 5.41) is 15.0. The number of hydrogen-bond acceptors (Lipinski definition) is 6. The molecule has 3 aromatic rings. The maximum Gasteiger partial charge on any atom is 0.251 e. The fraction of sp³-hybridized carbons (Fsp3) is 0.200. The van der Waals surface area contributed by atoms with E-state index in [0.717, 1.165) is 0 Å². The van der Waals surface area contributed by atoms with Crippen LogP contribution in [-0.2, 0) is 18.4 Å². The molecule has 0 aliphatic rings. The number of thioether (sulfide) groups is 1. The van der Waals surface area contributed by atoms with Crippen molar-refractivity contribution in [2.24, 2.45) is 7.05 Å². The Kier molecular flexibility index (Phi) is 7.31. The molecule has 0 spiro atoms. The molecule has 0 atom stereocenters. The number of nitrogens with one attached hydrogen (secondary N) is 2. The Bertz CT molecular complexity index is 1020. The van der Waals surface area contributed by atoms with Gasteiger partial charge in [-0.05, 0) is 48.5 Å². The van der Waals surface area contributed by atoms with E-state index in [0.29, 0.717) is 33.0 Å². The number of rotatable bonds is 8. The van der Waals surface area contributed by atoms with E-state index in [2.05, 4.69) is 20.8 Å². The van der Waals surface area contributed by atoms with Crippen LogP contribution >= 0.6 is 23.4 Å². The van der Waals surface area contributed by atoms with Gasteiger partial charge in [0.1, 0.15) is 5.75 Å². The van der Waals surface area contributed by atoms with Gasteiger partial charge in [-0.3, -0.25) is 9.59 Å². The predicted molar refractivity (Wildman–Crippen MR) is 116 cm³/mol. The second-order valence-electron chi connectivity index (χ2n) is 6.21. The maximum absolute atomic E-state index is 12.3. The van der Waals surface area contributed by atoms with Crippen LogP contribution < -0.4 is 15.4 Å². The number of amides is 2. The second kappa shape index (κ2) is 10.1. The predicted octanol–water partition coefficient (Wildman–Crippen LogP) is 3.14. The molecular formula is C20H20ClN5O3S. The molecule has 0 radical (unpaired) electrons. The first-order valence-electron chi connectivity index (χ1n) is 8.95. The van der Waals surface area contributed by atoms with Crippen LogP contribution in [0.3, 0.4) is 0 Å². The van der Waals surface area contributed by atoms with Gasteiger partial charge in [0.2, 0.25) is 5.91 Å². The van der Waals surface area contributed by atoms with Crippen LogP contribution in [0, 0.1) is 0 Å². The van der Waals surface area contributed by atoms with Gasteiger partial charge in [0.15, 0.2) is 11.0 Å². The minimum Gasteiger partial charge on any atom is -0.497 e. The lowest BCUT2D eigenvalue weighted by Crippen LogP contribution is -2.24. The van der Waals surface area contributed by atoms with E-state index in [4.69, 9.17) is 16.3 Å². The topological polar surface area (TPSA) is 98.1 Å². The minimum absolute atomic E-state index is 0.167. The number of benzene rings is 2. The van der Waals surface area contributed by atoms with E-state index < -0.39 is 0 Å². The summed E-state index contributed by atoms with van der Waals surface area (Å²) in [4.78, 5) is 24.4. The van der Waals surface area contributed by atoms with Crippen molar-refractivity contribution in [3.8, 4) is 5.75 Å². The maximum atomic E-state index is 12.3. The van der Waals surface area contributed by atoms with Crippen molar-refractivity contribution in [3.63, 3.8) is 0 Å². The Labute approximate surface area is 183 Å². The number of methoxy groups -OCH3 is 1. The fourth-order valence-corrected chi connectivity index (χ4v) is 3.34. The third-order valence-electron chi connectivity index (χ3n) is 4.14. The second-order valence-corrected chi connectivity index (χ2v) is 7.59. The number of anilines is 1. The number of aromatic nitrogens is 3. The lowest BCUT2D eigenvalue weighted by atomic mass is 10.2. The summed E-state index contributed by atoms with van der Waals surface area (Å²) in [6.07, 6.45) is 0. The van der Waals surface area contributed by atoms with E-state index in [1.165, 1.54) is 11.8 Å². The van der Waals surface area contributed by atoms with Gasteiger partial charge >= 0.3 is 0 Å². The van der Waals surface area contributed by atoms with Gasteiger partial charge in [0.25, 0.3) is 5.91 Å². The SMILES string of the molecule is COc1ccc(C(=O)NCc2nnc(SCC(=O)Nc3ccc(Cl)cc3)n2C)cc1. The van der Waals surface area contributed by atoms with Gasteiger partial charge in [0.05, 0.1) is 19.4 Å². The number of carbonyl (C=O) groups excluding carboxylic acids is 2. The Balaban J connectivity index is 1.50. The molecule has 3 rings (SSSR count). The molecule has 2 amide bonds. The molecule has 0 unspecified atom stereocenters. The van der Waals surface area contributed by atoms with Gasteiger partial charge in [-0.25, -0.2) is 0 Å². The highest BCUT2D eigenvalue weighted by Crippen LogP contribution is 2.18. The zero-order valence-electron chi connectivity index (χ0n) is 16.4. The molecule has 0 saturated heterocycles. The van der Waals surface area contributed by atoms with E-state index in [-0.39, 0.29) is 24.1 Å². The highest BCUT2D eigenvalue weighted by Gasteiger charge is 2.13. The van der Waals surface area contributed by atoms with Crippen molar-refractivity contribution in [2.45, 2.75) is 11.7 Å². The van der Waals surface area contributed by atoms with Gasteiger partial charge in [0, 0.05) is 23.3 Å². The molecular weight excluding hydrogens is 426 g/mol. The van der Waals surface area contributed by atoms with Crippen LogP contribution in [0.5, 0.6) is 5.75 Å². The first kappa shape index (κ1) is 21.7. The number of hydrogen-bond donors (Lipinski definition) is 2. The lowest BCUT2D eigenvalue weighted by molar-refractivity contribution is -0.113. The lowest BCUT2D eigenvalue weighted by Gasteiger charge is -2.07. The summed E-state index contributed by atoms with van der Waals surface area (Å²) in [6.45, 7) is 0.214. The molecule has 2 aromatic carbocycles. The molecule has 10 heteroatoms. The van der Waals surface area contributed by atoms with Crippen LogP contribution in [0.2, 0.25) is 5.02 Å². The van der Waals surface area contributed by atoms with Crippen molar-refractivity contribution in [2.75, 3.05) is 18.2 Å². The van der Waals surface area contributed by atoms with E-state index in [1.807, 2.05) is 0 Å². The van der Waals surface area contributed by atoms with Crippen molar-refractivity contribution in [3.05, 3.63) is 64.9 Å². The van der Waals surface area contributed by atoms with Crippen LogP contribution in [-0.4, -0.2) is 39.4 Å². The van der Waals surface area contributed by atoms with Gasteiger partial charge in [-0.1, -0.05) is 23.4 Å². The summed E-state index contributed by atoms with van der Waals surface area (Å²) in [5.74, 6) is 1.04. The van der Waals surface area contributed by atoms with E-state index in [1.54, 1.807) is 67.3 Å². The third-order valence-corrected chi connectivity index (χ3v) is 5.42. The summed E-state index contributed by atoms with van der Waals surface area (Å²) in [6, 6.07) is 13.7. The van der Waals surface area contributed by atoms with Crippen molar-refractivity contribution < 1.29 is 14.3 Å². The van der Waals surface area contributed by atoms with Crippen molar-refractivity contribution in [1.29, 1.82) is 0 Å². The Morgan fingerprint density at radius 1 is 1.10 bits per heavy atom. The van der Waals surface area contributed by atoms with Gasteiger partial charge < -0.3 is 19.9 Å². The summed E-state index contributed by atoms with van der Waals surface area (Å²) < 4.78 is 6.83. The summed E-state index contributed by atoms with van der Waals surface area (Å²) in [5.41, 5.74) is 1.19. The monoisotopic (exact) mass is 445 g/mol. The highest BCUT2D eigenvalue weighted by atomic mass is 35.5. The molecule has 1 aromatic heterocycles. The zero-order valence-corrected chi connectivity index (χ0v) is 18.0. The van der Waals surface area contributed by atoms with Crippen LogP contribution in [0.4, 0.5) is 5.69 Å². The standard InChI is InChI=1S/C20H20ClN5O3S/c1-26-17(11-22-19(28)13-3-9-16(29-2)10-4-13)24-25-20(26)30-12-18(27)23-15-7-5-14(21)6-8-15/h3-10H,11-12H2,1-2H3,(H,22,28)(H,23,27). The highest BCUT2D eigenvalue weighted by molar-refractivity contribution is 7.99. The van der Waals surface area contributed by atoms with Gasteiger partial charge in [-0.2, -0.15) is 0 Å².